The van der Waals surface area contributed by atoms with Gasteiger partial charge in [-0.2, -0.15) is 0 Å². The number of hydrogen-bond acceptors (Lipinski definition) is 4. The Morgan fingerprint density at radius 1 is 1.60 bits per heavy atom. The van der Waals surface area contributed by atoms with Crippen molar-refractivity contribution in [2.75, 3.05) is 26.8 Å². The fraction of sp³-hybridized carbons (Fsp3) is 0.643. The first kappa shape index (κ1) is 15.9. The van der Waals surface area contributed by atoms with Gasteiger partial charge in [0.2, 0.25) is 5.91 Å². The van der Waals surface area contributed by atoms with Crippen molar-refractivity contribution in [3.63, 3.8) is 0 Å². The number of carbonyl (C=O) groups excluding carboxylic acids is 1. The van der Waals surface area contributed by atoms with Gasteiger partial charge in [0.1, 0.15) is 0 Å². The van der Waals surface area contributed by atoms with E-state index in [0.29, 0.717) is 19.8 Å². The zero-order valence-electron chi connectivity index (χ0n) is 11.9. The van der Waals surface area contributed by atoms with E-state index in [1.807, 2.05) is 7.05 Å². The number of amides is 1. The van der Waals surface area contributed by atoms with Crippen LogP contribution < -0.4 is 5.32 Å². The number of rotatable bonds is 6. The third-order valence-electron chi connectivity index (χ3n) is 3.47. The summed E-state index contributed by atoms with van der Waals surface area (Å²) in [6, 6.07) is 2.21. The highest BCUT2D eigenvalue weighted by Gasteiger charge is 2.35. The molecule has 0 aromatic carbocycles. The Kier molecular flexibility index (Phi) is 6.01. The van der Waals surface area contributed by atoms with Crippen molar-refractivity contribution < 1.29 is 9.53 Å². The van der Waals surface area contributed by atoms with E-state index in [-0.39, 0.29) is 17.9 Å². The Bertz CT molecular complexity index is 452. The molecule has 1 aromatic heterocycles. The van der Waals surface area contributed by atoms with Crippen molar-refractivity contribution in [3.8, 4) is 0 Å². The van der Waals surface area contributed by atoms with E-state index < -0.39 is 0 Å². The van der Waals surface area contributed by atoms with Crippen LogP contribution in [0.1, 0.15) is 18.9 Å². The van der Waals surface area contributed by atoms with E-state index in [0.717, 1.165) is 22.3 Å². The molecule has 1 saturated heterocycles. The van der Waals surface area contributed by atoms with E-state index in [1.165, 1.54) is 0 Å². The maximum atomic E-state index is 12.5. The summed E-state index contributed by atoms with van der Waals surface area (Å²) in [6.07, 6.45) is 1.07. The molecule has 0 aliphatic carbocycles. The van der Waals surface area contributed by atoms with Crippen LogP contribution in [0.15, 0.2) is 15.2 Å². The molecule has 1 aliphatic rings. The van der Waals surface area contributed by atoms with Crippen LogP contribution in [0, 0.1) is 5.92 Å². The maximum Gasteiger partial charge on any atom is 0.229 e. The third kappa shape index (κ3) is 4.04. The molecular weight excluding hydrogens is 340 g/mol. The number of nitrogens with zero attached hydrogens (tertiary/aromatic N) is 1. The van der Waals surface area contributed by atoms with Crippen molar-refractivity contribution in [2.24, 2.45) is 5.92 Å². The monoisotopic (exact) mass is 360 g/mol. The molecule has 0 spiro atoms. The van der Waals surface area contributed by atoms with Gasteiger partial charge in [0.05, 0.1) is 22.9 Å². The van der Waals surface area contributed by atoms with E-state index in [1.54, 1.807) is 16.2 Å². The largest absolute Gasteiger partial charge is 0.379 e. The molecule has 1 N–H and O–H groups in total. The lowest BCUT2D eigenvalue weighted by atomic mass is 10.0. The van der Waals surface area contributed by atoms with Crippen LogP contribution in [0.25, 0.3) is 0 Å². The highest BCUT2D eigenvalue weighted by molar-refractivity contribution is 9.11. The van der Waals surface area contributed by atoms with E-state index in [4.69, 9.17) is 4.74 Å². The van der Waals surface area contributed by atoms with Gasteiger partial charge >= 0.3 is 0 Å². The number of ether oxygens (including phenoxy) is 1. The van der Waals surface area contributed by atoms with Gasteiger partial charge in [0, 0.05) is 19.6 Å². The van der Waals surface area contributed by atoms with Crippen LogP contribution in [0.2, 0.25) is 0 Å². The van der Waals surface area contributed by atoms with Crippen LogP contribution in [0.3, 0.4) is 0 Å². The lowest BCUT2D eigenvalue weighted by molar-refractivity contribution is -0.135. The van der Waals surface area contributed by atoms with Crippen LogP contribution in [-0.2, 0) is 16.1 Å². The average Bonchev–Trinajstić information content (AvgIpc) is 3.04. The molecule has 6 heteroatoms. The normalized spacial score (nSPS) is 22.1. The zero-order valence-corrected chi connectivity index (χ0v) is 14.3. The standard InChI is InChI=1S/C14H21BrN2O2S/c1-3-4-16-12-8-19-7-11(12)14(18)17(2)6-10-5-13(15)20-9-10/h5,9,11-12,16H,3-4,6-8H2,1-2H3. The lowest BCUT2D eigenvalue weighted by Gasteiger charge is -2.24. The SMILES string of the molecule is CCCNC1COCC1C(=O)N(C)Cc1csc(Br)c1. The molecule has 4 nitrogen and oxygen atoms in total. The molecule has 2 atom stereocenters. The summed E-state index contributed by atoms with van der Waals surface area (Å²) in [4.78, 5) is 14.3. The fourth-order valence-corrected chi connectivity index (χ4v) is 3.59. The summed E-state index contributed by atoms with van der Waals surface area (Å²) >= 11 is 5.09. The first-order chi connectivity index (χ1) is 9.61. The zero-order chi connectivity index (χ0) is 14.5. The Labute approximate surface area is 132 Å². The van der Waals surface area contributed by atoms with Gasteiger partial charge in [0.25, 0.3) is 0 Å². The van der Waals surface area contributed by atoms with Crippen molar-refractivity contribution in [1.82, 2.24) is 10.2 Å². The van der Waals surface area contributed by atoms with Gasteiger partial charge in [-0.25, -0.2) is 0 Å². The molecule has 0 bridgehead atoms. The highest BCUT2D eigenvalue weighted by atomic mass is 79.9. The molecule has 0 saturated carbocycles. The molecule has 1 fully saturated rings. The number of carbonyl (C=O) groups is 1. The second-order valence-electron chi connectivity index (χ2n) is 5.16. The molecule has 0 radical (unpaired) electrons. The number of nitrogens with one attached hydrogen (secondary N) is 1. The Morgan fingerprint density at radius 3 is 3.05 bits per heavy atom. The van der Waals surface area contributed by atoms with E-state index in [9.17, 15) is 4.79 Å². The summed E-state index contributed by atoms with van der Waals surface area (Å²) in [6.45, 7) is 4.86. The summed E-state index contributed by atoms with van der Waals surface area (Å²) in [7, 11) is 1.86. The minimum atomic E-state index is -0.0615. The topological polar surface area (TPSA) is 41.6 Å². The molecule has 112 valence electrons. The molecule has 20 heavy (non-hydrogen) atoms. The van der Waals surface area contributed by atoms with Gasteiger partial charge in [-0.3, -0.25) is 4.79 Å². The van der Waals surface area contributed by atoms with Gasteiger partial charge in [-0.15, -0.1) is 11.3 Å². The molecule has 2 unspecified atom stereocenters. The van der Waals surface area contributed by atoms with Crippen LogP contribution in [0.5, 0.6) is 0 Å². The van der Waals surface area contributed by atoms with Gasteiger partial charge in [-0.1, -0.05) is 6.92 Å². The van der Waals surface area contributed by atoms with E-state index >= 15 is 0 Å². The first-order valence-electron chi connectivity index (χ1n) is 6.90. The number of hydrogen-bond donors (Lipinski definition) is 1. The molecule has 1 aromatic rings. The van der Waals surface area contributed by atoms with Gasteiger partial charge in [0.15, 0.2) is 0 Å². The second-order valence-corrected chi connectivity index (χ2v) is 7.45. The average molecular weight is 361 g/mol. The molecule has 2 heterocycles. The Morgan fingerprint density at radius 2 is 2.40 bits per heavy atom. The van der Waals surface area contributed by atoms with Crippen LogP contribution in [-0.4, -0.2) is 43.7 Å². The second kappa shape index (κ2) is 7.54. The smallest absolute Gasteiger partial charge is 0.229 e. The van der Waals surface area contributed by atoms with Crippen molar-refractivity contribution in [1.29, 1.82) is 0 Å². The molecule has 2 rings (SSSR count). The van der Waals surface area contributed by atoms with Crippen molar-refractivity contribution in [3.05, 3.63) is 20.8 Å². The predicted molar refractivity (Wildman–Crippen MR) is 84.9 cm³/mol. The molecular formula is C14H21BrN2O2S. The van der Waals surface area contributed by atoms with Crippen LogP contribution in [0.4, 0.5) is 0 Å². The summed E-state index contributed by atoms with van der Waals surface area (Å²) < 4.78 is 6.57. The molecule has 1 aliphatic heterocycles. The Balaban J connectivity index is 1.91. The highest BCUT2D eigenvalue weighted by Crippen LogP contribution is 2.23. The van der Waals surface area contributed by atoms with Crippen molar-refractivity contribution in [2.45, 2.75) is 25.9 Å². The minimum Gasteiger partial charge on any atom is -0.379 e. The van der Waals surface area contributed by atoms with E-state index in [2.05, 4.69) is 39.6 Å². The van der Waals surface area contributed by atoms with Gasteiger partial charge < -0.3 is 15.0 Å². The summed E-state index contributed by atoms with van der Waals surface area (Å²) in [5.74, 6) is 0.104. The number of thiophene rings is 1. The first-order valence-corrected chi connectivity index (χ1v) is 8.58. The fourth-order valence-electron chi connectivity index (χ4n) is 2.39. The minimum absolute atomic E-state index is 0.0615. The van der Waals surface area contributed by atoms with Crippen molar-refractivity contribution >= 4 is 33.2 Å². The predicted octanol–water partition coefficient (Wildman–Crippen LogP) is 2.48. The maximum absolute atomic E-state index is 12.5. The van der Waals surface area contributed by atoms with Gasteiger partial charge in [-0.05, 0) is 45.9 Å². The molecule has 1 amide bonds. The van der Waals surface area contributed by atoms with Crippen LogP contribution >= 0.6 is 27.3 Å². The Hall–Kier alpha value is -0.430. The summed E-state index contributed by atoms with van der Waals surface area (Å²) in [5.41, 5.74) is 1.16. The summed E-state index contributed by atoms with van der Waals surface area (Å²) in [5, 5.41) is 5.48. The quantitative estimate of drug-likeness (QED) is 0.847. The number of halogens is 1. The third-order valence-corrected chi connectivity index (χ3v) is 5.03. The lowest BCUT2D eigenvalue weighted by Crippen LogP contribution is -2.44.